The summed E-state index contributed by atoms with van der Waals surface area (Å²) in [5.74, 6) is 1.45. The van der Waals surface area contributed by atoms with Crippen LogP contribution in [0.15, 0.2) is 6.07 Å². The minimum Gasteiger partial charge on any atom is -0.740 e. The first-order chi connectivity index (χ1) is 13.1. The summed E-state index contributed by atoms with van der Waals surface area (Å²) in [6, 6.07) is 1.66. The average molecular weight is 397 g/mol. The molecule has 0 radical (unpaired) electrons. The lowest BCUT2D eigenvalue weighted by Gasteiger charge is -2.35. The Bertz CT molecular complexity index is 661. The Hall–Kier alpha value is -1.58. The van der Waals surface area contributed by atoms with Crippen LogP contribution >= 0.6 is 11.8 Å². The summed E-state index contributed by atoms with van der Waals surface area (Å²) in [6.07, 6.45) is 2.73. The van der Waals surface area contributed by atoms with Gasteiger partial charge >= 0.3 is 6.09 Å². The Morgan fingerprint density at radius 1 is 1.56 bits per heavy atom. The third-order valence-corrected chi connectivity index (χ3v) is 6.28. The van der Waals surface area contributed by atoms with Gasteiger partial charge in [-0.2, -0.15) is 0 Å². The Morgan fingerprint density at radius 2 is 2.41 bits per heavy atom. The molecule has 2 fully saturated rings. The molecule has 8 nitrogen and oxygen atoms in total. The van der Waals surface area contributed by atoms with Crippen molar-refractivity contribution in [3.8, 4) is 0 Å². The standard InChI is InChI=1S/C18H28N4O4S/c1-3-18(7-5-6-9-26-18)16-20-13(14-12-19-8-10-27-14)11-15(22(16)24)21-17(23)25-4-2/h11,14,19H,3-10,12H2,1-2H3,(H,21,23). The molecule has 0 aromatic carbocycles. The van der Waals surface area contributed by atoms with Gasteiger partial charge in [0.25, 0.3) is 5.82 Å². The molecule has 2 aliphatic heterocycles. The Balaban J connectivity index is 2.02. The number of anilines is 1. The van der Waals surface area contributed by atoms with E-state index < -0.39 is 11.7 Å². The highest BCUT2D eigenvalue weighted by molar-refractivity contribution is 7.99. The topological polar surface area (TPSA) is 99.4 Å². The minimum absolute atomic E-state index is 0.124. The molecule has 27 heavy (non-hydrogen) atoms. The van der Waals surface area contributed by atoms with E-state index in [0.717, 1.165) is 43.8 Å². The molecule has 1 aromatic rings. The predicted octanol–water partition coefficient (Wildman–Crippen LogP) is 2.47. The molecule has 2 unspecified atom stereocenters. The van der Waals surface area contributed by atoms with Gasteiger partial charge in [-0.1, -0.05) is 6.92 Å². The normalized spacial score (nSPS) is 25.8. The molecule has 3 rings (SSSR count). The maximum absolute atomic E-state index is 13.1. The largest absolute Gasteiger partial charge is 0.740 e. The Kier molecular flexibility index (Phi) is 6.78. The fourth-order valence-corrected chi connectivity index (χ4v) is 4.62. The number of rotatable bonds is 5. The van der Waals surface area contributed by atoms with E-state index in [9.17, 15) is 10.0 Å². The van der Waals surface area contributed by atoms with Crippen LogP contribution in [0.1, 0.15) is 56.3 Å². The summed E-state index contributed by atoms with van der Waals surface area (Å²) >= 11 is 1.80. The number of nitrogens with zero attached hydrogens (tertiary/aromatic N) is 2. The third kappa shape index (κ3) is 4.47. The average Bonchev–Trinajstić information content (AvgIpc) is 2.71. The first-order valence-electron chi connectivity index (χ1n) is 9.64. The first kappa shape index (κ1) is 20.2. The molecule has 1 amide bonds. The van der Waals surface area contributed by atoms with Crippen molar-refractivity contribution in [1.29, 1.82) is 0 Å². The van der Waals surface area contributed by atoms with E-state index >= 15 is 0 Å². The molecule has 0 spiro atoms. The molecular weight excluding hydrogens is 368 g/mol. The zero-order valence-corrected chi connectivity index (χ0v) is 16.8. The number of carbonyl (C=O) groups excluding carboxylic acids is 1. The smallest absolute Gasteiger partial charge is 0.473 e. The summed E-state index contributed by atoms with van der Waals surface area (Å²) in [6.45, 7) is 6.31. The molecule has 2 N–H and O–H groups in total. The second kappa shape index (κ2) is 9.07. The van der Waals surface area contributed by atoms with Crippen molar-refractivity contribution in [1.82, 2.24) is 10.3 Å². The predicted molar refractivity (Wildman–Crippen MR) is 104 cm³/mol. The van der Waals surface area contributed by atoms with E-state index in [0.29, 0.717) is 23.6 Å². The monoisotopic (exact) mass is 396 g/mol. The van der Waals surface area contributed by atoms with E-state index in [4.69, 9.17) is 14.5 Å². The SMILES string of the molecule is CCOC(=O)Nc1cc(C2CNCCS2)nc(C2(CC)CCCCO2)[n+]1[O-]. The minimum atomic E-state index is -0.714. The van der Waals surface area contributed by atoms with Gasteiger partial charge in [0.15, 0.2) is 5.60 Å². The number of carbonyl (C=O) groups is 1. The number of thioether (sulfide) groups is 1. The van der Waals surface area contributed by atoms with Crippen LogP contribution in [-0.4, -0.2) is 43.1 Å². The molecule has 2 aliphatic rings. The zero-order valence-electron chi connectivity index (χ0n) is 16.0. The van der Waals surface area contributed by atoms with Crippen LogP contribution in [0, 0.1) is 5.21 Å². The highest BCUT2D eigenvalue weighted by Crippen LogP contribution is 2.37. The Labute approximate surface area is 164 Å². The van der Waals surface area contributed by atoms with Gasteiger partial charge in [0.2, 0.25) is 5.82 Å². The van der Waals surface area contributed by atoms with Crippen LogP contribution in [-0.2, 0) is 15.1 Å². The van der Waals surface area contributed by atoms with Crippen molar-refractivity contribution in [2.24, 2.45) is 0 Å². The van der Waals surface area contributed by atoms with Gasteiger partial charge in [0.05, 0.1) is 17.9 Å². The van der Waals surface area contributed by atoms with Crippen molar-refractivity contribution < 1.29 is 19.0 Å². The van der Waals surface area contributed by atoms with E-state index in [2.05, 4.69) is 10.6 Å². The van der Waals surface area contributed by atoms with Crippen LogP contribution < -0.4 is 15.4 Å². The molecule has 150 valence electrons. The lowest BCUT2D eigenvalue weighted by Crippen LogP contribution is -2.49. The van der Waals surface area contributed by atoms with Gasteiger partial charge < -0.3 is 20.0 Å². The summed E-state index contributed by atoms with van der Waals surface area (Å²) in [5.41, 5.74) is 0.0662. The van der Waals surface area contributed by atoms with E-state index in [-0.39, 0.29) is 17.7 Å². The summed E-state index contributed by atoms with van der Waals surface area (Å²) in [7, 11) is 0. The molecule has 0 saturated carbocycles. The molecular formula is C18H28N4O4S. The van der Waals surface area contributed by atoms with E-state index in [1.165, 1.54) is 0 Å². The number of amides is 1. The van der Waals surface area contributed by atoms with Crippen molar-refractivity contribution in [3.05, 3.63) is 22.8 Å². The number of ether oxygens (including phenoxy) is 2. The van der Waals surface area contributed by atoms with Gasteiger partial charge in [0, 0.05) is 25.4 Å². The van der Waals surface area contributed by atoms with Crippen molar-refractivity contribution in [2.75, 3.05) is 37.4 Å². The van der Waals surface area contributed by atoms with E-state index in [1.54, 1.807) is 24.8 Å². The fraction of sp³-hybridized carbons (Fsp3) is 0.722. The quantitative estimate of drug-likeness (QED) is 0.582. The summed E-state index contributed by atoms with van der Waals surface area (Å²) < 4.78 is 11.7. The number of hydrogen-bond acceptors (Lipinski definition) is 7. The fourth-order valence-electron chi connectivity index (χ4n) is 3.54. The second-order valence-corrected chi connectivity index (χ2v) is 8.06. The lowest BCUT2D eigenvalue weighted by atomic mass is 9.90. The second-order valence-electron chi connectivity index (χ2n) is 6.75. The number of hydrogen-bond donors (Lipinski definition) is 2. The van der Waals surface area contributed by atoms with Gasteiger partial charge in [-0.3, -0.25) is 0 Å². The molecule has 0 bridgehead atoms. The van der Waals surface area contributed by atoms with Crippen LogP contribution in [0.3, 0.4) is 0 Å². The van der Waals surface area contributed by atoms with E-state index in [1.807, 2.05) is 6.92 Å². The Morgan fingerprint density at radius 3 is 3.04 bits per heavy atom. The van der Waals surface area contributed by atoms with Gasteiger partial charge in [0.1, 0.15) is 5.69 Å². The molecule has 2 atom stereocenters. The molecule has 9 heteroatoms. The molecule has 3 heterocycles. The van der Waals surface area contributed by atoms with Gasteiger partial charge in [-0.25, -0.2) is 14.8 Å². The van der Waals surface area contributed by atoms with Crippen LogP contribution in [0.5, 0.6) is 0 Å². The third-order valence-electron chi connectivity index (χ3n) is 5.03. The maximum atomic E-state index is 13.1. The van der Waals surface area contributed by atoms with Crippen LogP contribution in [0.25, 0.3) is 0 Å². The molecule has 1 aromatic heterocycles. The summed E-state index contributed by atoms with van der Waals surface area (Å²) in [4.78, 5) is 16.7. The summed E-state index contributed by atoms with van der Waals surface area (Å²) in [5, 5.41) is 19.1. The van der Waals surface area contributed by atoms with Crippen molar-refractivity contribution in [2.45, 2.75) is 50.4 Å². The van der Waals surface area contributed by atoms with Crippen molar-refractivity contribution in [3.63, 3.8) is 0 Å². The number of nitrogens with one attached hydrogen (secondary N) is 2. The lowest BCUT2D eigenvalue weighted by molar-refractivity contribution is -0.613. The number of aromatic nitrogens is 2. The van der Waals surface area contributed by atoms with Crippen molar-refractivity contribution >= 4 is 23.7 Å². The van der Waals surface area contributed by atoms with Gasteiger partial charge in [-0.15, -0.1) is 16.7 Å². The molecule has 0 aliphatic carbocycles. The molecule has 2 saturated heterocycles. The maximum Gasteiger partial charge on any atom is 0.473 e. The highest BCUT2D eigenvalue weighted by atomic mass is 32.2. The zero-order chi connectivity index (χ0) is 19.3. The first-order valence-corrected chi connectivity index (χ1v) is 10.7. The van der Waals surface area contributed by atoms with Gasteiger partial charge in [-0.05, 0) is 32.6 Å². The van der Waals surface area contributed by atoms with Crippen LogP contribution in [0.4, 0.5) is 10.6 Å². The van der Waals surface area contributed by atoms with Crippen LogP contribution in [0.2, 0.25) is 0 Å². The highest BCUT2D eigenvalue weighted by Gasteiger charge is 2.42.